The van der Waals surface area contributed by atoms with Crippen molar-refractivity contribution >= 4 is 32.7 Å². The maximum absolute atomic E-state index is 6.21. The van der Waals surface area contributed by atoms with Crippen LogP contribution in [-0.2, 0) is 5.41 Å². The van der Waals surface area contributed by atoms with Gasteiger partial charge in [0.15, 0.2) is 5.82 Å². The zero-order valence-corrected chi connectivity index (χ0v) is 35.9. The topological polar surface area (TPSA) is 38.9 Å². The van der Waals surface area contributed by atoms with Gasteiger partial charge in [-0.3, -0.25) is 0 Å². The van der Waals surface area contributed by atoms with Crippen molar-refractivity contribution in [2.45, 2.75) is 5.41 Å². The molecule has 66 heavy (non-hydrogen) atoms. The van der Waals surface area contributed by atoms with E-state index < -0.39 is 5.41 Å². The van der Waals surface area contributed by atoms with Crippen molar-refractivity contribution in [2.24, 2.45) is 0 Å². The van der Waals surface area contributed by atoms with Crippen molar-refractivity contribution in [3.05, 3.63) is 265 Å². The highest BCUT2D eigenvalue weighted by Gasteiger charge is 2.46. The fourth-order valence-corrected chi connectivity index (χ4v) is 10.5. The molecule has 0 saturated heterocycles. The molecule has 0 fully saturated rings. The summed E-state index contributed by atoms with van der Waals surface area (Å²) in [4.78, 5) is 10.5. The number of hydrogen-bond donors (Lipinski definition) is 0. The Kier molecular flexibility index (Phi) is 8.75. The van der Waals surface area contributed by atoms with Crippen molar-refractivity contribution in [1.29, 1.82) is 0 Å². The number of para-hydroxylation sites is 1. The molecule has 0 saturated carbocycles. The van der Waals surface area contributed by atoms with E-state index in [2.05, 4.69) is 212 Å². The van der Waals surface area contributed by atoms with Gasteiger partial charge in [-0.05, 0) is 103 Å². The molecule has 3 heteroatoms. The predicted molar refractivity (Wildman–Crippen MR) is 271 cm³/mol. The fraction of sp³-hybridized carbons (Fsp3) is 0.0159. The van der Waals surface area contributed by atoms with Gasteiger partial charge in [0.05, 0.1) is 16.8 Å². The van der Waals surface area contributed by atoms with Gasteiger partial charge in [-0.25, -0.2) is 9.97 Å². The second-order valence-electron chi connectivity index (χ2n) is 17.2. The van der Waals surface area contributed by atoms with Crippen molar-refractivity contribution in [1.82, 2.24) is 9.97 Å². The summed E-state index contributed by atoms with van der Waals surface area (Å²) in [5.74, 6) is 0.694. The number of furan rings is 1. The summed E-state index contributed by atoms with van der Waals surface area (Å²) in [6.07, 6.45) is 0. The minimum Gasteiger partial charge on any atom is -0.456 e. The normalized spacial score (nSPS) is 12.7. The van der Waals surface area contributed by atoms with Gasteiger partial charge in [-0.15, -0.1) is 0 Å². The summed E-state index contributed by atoms with van der Waals surface area (Å²) in [5, 5.41) is 4.68. The van der Waals surface area contributed by atoms with Crippen LogP contribution in [-0.4, -0.2) is 9.97 Å². The Morgan fingerprint density at radius 3 is 1.62 bits per heavy atom. The quantitative estimate of drug-likeness (QED) is 0.160. The Hall–Kier alpha value is -8.66. The molecule has 13 rings (SSSR count). The molecule has 308 valence electrons. The Balaban J connectivity index is 0.887. The van der Waals surface area contributed by atoms with Gasteiger partial charge in [0.2, 0.25) is 0 Å². The highest BCUT2D eigenvalue weighted by atomic mass is 16.3. The van der Waals surface area contributed by atoms with Gasteiger partial charge in [0, 0.05) is 27.5 Å². The molecule has 10 aromatic carbocycles. The van der Waals surface area contributed by atoms with E-state index >= 15 is 0 Å². The first-order valence-electron chi connectivity index (χ1n) is 22.5. The van der Waals surface area contributed by atoms with Crippen LogP contribution in [0.2, 0.25) is 0 Å². The lowest BCUT2D eigenvalue weighted by atomic mass is 9.67. The first-order chi connectivity index (χ1) is 32.7. The average Bonchev–Trinajstić information content (AvgIpc) is 3.93. The molecular weight excluding hydrogens is 801 g/mol. The summed E-state index contributed by atoms with van der Waals surface area (Å²) in [6, 6.07) is 87.0. The van der Waals surface area contributed by atoms with Crippen LogP contribution in [0.15, 0.2) is 247 Å². The zero-order chi connectivity index (χ0) is 43.6. The SMILES string of the molecule is c1ccc(-c2nc(-c3ccc(-c4ccc5cc(-c6cccc7oc8ccccc8c67)ccc5c4)cc3)cc(-c3ccc4c(c3)C(c3ccccc3)(c3ccccc3)c3ccccc3-4)n2)cc1. The lowest BCUT2D eigenvalue weighted by Gasteiger charge is -2.34. The fourth-order valence-electron chi connectivity index (χ4n) is 10.5. The van der Waals surface area contributed by atoms with Crippen LogP contribution in [0.3, 0.4) is 0 Å². The molecule has 1 aliphatic carbocycles. The zero-order valence-electron chi connectivity index (χ0n) is 35.9. The third kappa shape index (κ3) is 6.05. The van der Waals surface area contributed by atoms with Gasteiger partial charge in [-0.2, -0.15) is 0 Å². The van der Waals surface area contributed by atoms with E-state index in [0.717, 1.165) is 61.1 Å². The molecule has 0 radical (unpaired) electrons. The van der Waals surface area contributed by atoms with Crippen molar-refractivity contribution in [2.75, 3.05) is 0 Å². The van der Waals surface area contributed by atoms with Crippen LogP contribution < -0.4 is 0 Å². The molecule has 0 bridgehead atoms. The summed E-state index contributed by atoms with van der Waals surface area (Å²) < 4.78 is 6.21. The first-order valence-corrected chi connectivity index (χ1v) is 22.5. The molecule has 3 nitrogen and oxygen atoms in total. The molecule has 0 amide bonds. The Morgan fingerprint density at radius 2 is 0.864 bits per heavy atom. The number of nitrogens with zero attached hydrogens (tertiary/aromatic N) is 2. The molecule has 0 spiro atoms. The summed E-state index contributed by atoms with van der Waals surface area (Å²) in [6.45, 7) is 0. The van der Waals surface area contributed by atoms with Crippen LogP contribution in [0, 0.1) is 0 Å². The first kappa shape index (κ1) is 37.9. The molecule has 0 atom stereocenters. The second-order valence-corrected chi connectivity index (χ2v) is 17.2. The summed E-state index contributed by atoms with van der Waals surface area (Å²) in [5.41, 5.74) is 18.3. The Bertz CT molecular complexity index is 3760. The second kappa shape index (κ2) is 15.3. The lowest BCUT2D eigenvalue weighted by molar-refractivity contribution is 0.669. The number of hydrogen-bond acceptors (Lipinski definition) is 3. The maximum atomic E-state index is 6.21. The van der Waals surface area contributed by atoms with Crippen LogP contribution in [0.1, 0.15) is 22.3 Å². The van der Waals surface area contributed by atoms with E-state index in [0.29, 0.717) is 5.82 Å². The van der Waals surface area contributed by atoms with E-state index in [-0.39, 0.29) is 0 Å². The maximum Gasteiger partial charge on any atom is 0.160 e. The molecule has 0 N–H and O–H groups in total. The van der Waals surface area contributed by atoms with Gasteiger partial charge >= 0.3 is 0 Å². The molecule has 1 aliphatic rings. The Morgan fingerprint density at radius 1 is 0.318 bits per heavy atom. The predicted octanol–water partition coefficient (Wildman–Crippen LogP) is 16.2. The largest absolute Gasteiger partial charge is 0.456 e. The van der Waals surface area contributed by atoms with Crippen LogP contribution in [0.25, 0.3) is 100.0 Å². The number of fused-ring (bicyclic) bond motifs is 7. The molecule has 0 unspecified atom stereocenters. The molecular formula is C63H40N2O. The number of aromatic nitrogens is 2. The average molecular weight is 841 g/mol. The minimum atomic E-state index is -0.506. The smallest absolute Gasteiger partial charge is 0.160 e. The van der Waals surface area contributed by atoms with Gasteiger partial charge in [-0.1, -0.05) is 206 Å². The van der Waals surface area contributed by atoms with E-state index in [1.165, 1.54) is 55.3 Å². The standard InChI is InChI=1S/C63H40N2O/c1-4-15-43(16-5-1)62-64-57(40-58(65-62)48-35-36-53-52-21-10-12-24-55(52)63(56(53)39-48,49-17-6-2-7-18-49)50-19-8-3-9-20-50)42-29-27-41(28-30-42)44-31-32-46-38-47(34-33-45(46)37-44)51-23-14-26-60-61(51)54-22-11-13-25-59(54)66-60/h1-40H. The lowest BCUT2D eigenvalue weighted by Crippen LogP contribution is -2.28. The van der Waals surface area contributed by atoms with E-state index in [1.807, 2.05) is 30.3 Å². The number of rotatable bonds is 7. The van der Waals surface area contributed by atoms with E-state index in [9.17, 15) is 0 Å². The molecule has 2 aromatic heterocycles. The van der Waals surface area contributed by atoms with Crippen molar-refractivity contribution in [3.8, 4) is 67.3 Å². The van der Waals surface area contributed by atoms with Crippen LogP contribution >= 0.6 is 0 Å². The molecule has 2 heterocycles. The van der Waals surface area contributed by atoms with Gasteiger partial charge < -0.3 is 4.42 Å². The highest BCUT2D eigenvalue weighted by Crippen LogP contribution is 2.56. The van der Waals surface area contributed by atoms with Crippen LogP contribution in [0.4, 0.5) is 0 Å². The van der Waals surface area contributed by atoms with Gasteiger partial charge in [0.25, 0.3) is 0 Å². The molecule has 0 aliphatic heterocycles. The minimum absolute atomic E-state index is 0.506. The van der Waals surface area contributed by atoms with E-state index in [4.69, 9.17) is 14.4 Å². The summed E-state index contributed by atoms with van der Waals surface area (Å²) in [7, 11) is 0. The third-order valence-corrected chi connectivity index (χ3v) is 13.6. The van der Waals surface area contributed by atoms with Crippen molar-refractivity contribution in [3.63, 3.8) is 0 Å². The molecule has 12 aromatic rings. The van der Waals surface area contributed by atoms with Crippen molar-refractivity contribution < 1.29 is 4.42 Å². The number of benzene rings is 10. The van der Waals surface area contributed by atoms with E-state index in [1.54, 1.807) is 0 Å². The summed E-state index contributed by atoms with van der Waals surface area (Å²) >= 11 is 0. The monoisotopic (exact) mass is 840 g/mol. The van der Waals surface area contributed by atoms with Gasteiger partial charge in [0.1, 0.15) is 11.2 Å². The highest BCUT2D eigenvalue weighted by molar-refractivity contribution is 6.13. The Labute approximate surface area is 383 Å². The van der Waals surface area contributed by atoms with Crippen LogP contribution in [0.5, 0.6) is 0 Å². The third-order valence-electron chi connectivity index (χ3n) is 13.6.